The Labute approximate surface area is 146 Å². The Balaban J connectivity index is 1.58. The van der Waals surface area contributed by atoms with E-state index in [9.17, 15) is 4.79 Å². The van der Waals surface area contributed by atoms with Crippen molar-refractivity contribution < 1.29 is 0 Å². The summed E-state index contributed by atoms with van der Waals surface area (Å²) in [5, 5.41) is 0.887. The normalized spacial score (nSPS) is 17.2. The first kappa shape index (κ1) is 15.6. The van der Waals surface area contributed by atoms with Crippen molar-refractivity contribution in [2.45, 2.75) is 25.0 Å². The van der Waals surface area contributed by atoms with E-state index in [1.54, 1.807) is 11.8 Å². The van der Waals surface area contributed by atoms with Crippen LogP contribution in [0.4, 0.5) is 11.5 Å². The zero-order chi connectivity index (χ0) is 16.5. The van der Waals surface area contributed by atoms with Crippen molar-refractivity contribution >= 4 is 23.3 Å². The molecule has 0 radical (unpaired) electrons. The number of fused-ring (bicyclic) bond motifs is 1. The van der Waals surface area contributed by atoms with Crippen molar-refractivity contribution in [1.29, 1.82) is 0 Å². The van der Waals surface area contributed by atoms with Crippen LogP contribution in [0.1, 0.15) is 12.5 Å². The molecular weight excluding hydrogens is 320 g/mol. The summed E-state index contributed by atoms with van der Waals surface area (Å²) < 4.78 is 1.84. The molecule has 6 heteroatoms. The molecular formula is C18H22N4OS. The molecule has 0 bridgehead atoms. The van der Waals surface area contributed by atoms with Crippen molar-refractivity contribution in [3.05, 3.63) is 46.2 Å². The maximum Gasteiger partial charge on any atom is 0.259 e. The maximum absolute atomic E-state index is 12.7. The number of nitrogens with zero attached hydrogens (tertiary/aromatic N) is 4. The van der Waals surface area contributed by atoms with Gasteiger partial charge in [0.05, 0.1) is 5.56 Å². The minimum absolute atomic E-state index is 0.160. The van der Waals surface area contributed by atoms with E-state index in [0.29, 0.717) is 0 Å². The molecule has 0 N–H and O–H groups in total. The number of piperazine rings is 1. The summed E-state index contributed by atoms with van der Waals surface area (Å²) in [7, 11) is 0. The third-order valence-corrected chi connectivity index (χ3v) is 5.76. The Kier molecular flexibility index (Phi) is 4.22. The van der Waals surface area contributed by atoms with Crippen LogP contribution >= 0.6 is 11.8 Å². The fraction of sp³-hybridized carbons (Fsp3) is 0.444. The lowest BCUT2D eigenvalue weighted by Crippen LogP contribution is -2.47. The highest BCUT2D eigenvalue weighted by Gasteiger charge is 2.25. The van der Waals surface area contributed by atoms with Crippen LogP contribution < -0.4 is 15.4 Å². The minimum Gasteiger partial charge on any atom is -0.368 e. The van der Waals surface area contributed by atoms with Crippen LogP contribution in [0.2, 0.25) is 0 Å². The van der Waals surface area contributed by atoms with E-state index in [1.165, 1.54) is 5.69 Å². The van der Waals surface area contributed by atoms with Gasteiger partial charge in [0.2, 0.25) is 0 Å². The highest BCUT2D eigenvalue weighted by atomic mass is 32.2. The molecule has 1 saturated heterocycles. The van der Waals surface area contributed by atoms with Crippen molar-refractivity contribution in [3.8, 4) is 0 Å². The van der Waals surface area contributed by atoms with E-state index < -0.39 is 0 Å². The lowest BCUT2D eigenvalue weighted by Gasteiger charge is -2.37. The lowest BCUT2D eigenvalue weighted by atomic mass is 10.2. The van der Waals surface area contributed by atoms with Gasteiger partial charge in [-0.25, -0.2) is 4.98 Å². The van der Waals surface area contributed by atoms with Crippen molar-refractivity contribution in [1.82, 2.24) is 9.55 Å². The third kappa shape index (κ3) is 2.69. The standard InChI is InChI=1S/C18H22N4OS/c1-2-15-16(19-18-22(17(15)23)12-13-24-18)21-10-8-20(9-11-21)14-6-4-3-5-7-14/h3-7H,2,8-13H2,1H3. The number of thioether (sulfide) groups is 1. The van der Waals surface area contributed by atoms with Gasteiger partial charge in [-0.15, -0.1) is 0 Å². The minimum atomic E-state index is 0.160. The largest absolute Gasteiger partial charge is 0.368 e. The molecule has 2 aliphatic rings. The zero-order valence-electron chi connectivity index (χ0n) is 13.9. The molecule has 3 heterocycles. The van der Waals surface area contributed by atoms with Crippen molar-refractivity contribution in [2.24, 2.45) is 0 Å². The second kappa shape index (κ2) is 6.51. The highest BCUT2D eigenvalue weighted by Crippen LogP contribution is 2.27. The quantitative estimate of drug-likeness (QED) is 0.800. The predicted octanol–water partition coefficient (Wildman–Crippen LogP) is 2.24. The number of hydrogen-bond acceptors (Lipinski definition) is 5. The van der Waals surface area contributed by atoms with Gasteiger partial charge < -0.3 is 9.80 Å². The van der Waals surface area contributed by atoms with E-state index in [0.717, 1.165) is 61.4 Å². The summed E-state index contributed by atoms with van der Waals surface area (Å²) in [5.41, 5.74) is 2.30. The molecule has 0 saturated carbocycles. The van der Waals surface area contributed by atoms with E-state index >= 15 is 0 Å². The molecule has 1 fully saturated rings. The molecule has 0 spiro atoms. The molecule has 24 heavy (non-hydrogen) atoms. The molecule has 1 aromatic heterocycles. The van der Waals surface area contributed by atoms with Gasteiger partial charge in [-0.1, -0.05) is 36.9 Å². The Morgan fingerprint density at radius 2 is 1.75 bits per heavy atom. The number of rotatable bonds is 3. The van der Waals surface area contributed by atoms with Gasteiger partial charge in [0.15, 0.2) is 5.16 Å². The fourth-order valence-corrected chi connectivity index (χ4v) is 4.42. The van der Waals surface area contributed by atoms with E-state index in [2.05, 4.69) is 41.0 Å². The molecule has 0 atom stereocenters. The number of anilines is 2. The Bertz CT molecular complexity index is 782. The first-order chi connectivity index (χ1) is 11.8. The predicted molar refractivity (Wildman–Crippen MR) is 99.5 cm³/mol. The molecule has 126 valence electrons. The number of benzene rings is 1. The van der Waals surface area contributed by atoms with Crippen molar-refractivity contribution in [3.63, 3.8) is 0 Å². The number of aromatic nitrogens is 2. The summed E-state index contributed by atoms with van der Waals surface area (Å²) >= 11 is 1.69. The smallest absolute Gasteiger partial charge is 0.259 e. The van der Waals surface area contributed by atoms with Gasteiger partial charge in [-0.3, -0.25) is 9.36 Å². The first-order valence-corrected chi connectivity index (χ1v) is 9.58. The van der Waals surface area contributed by atoms with Gasteiger partial charge >= 0.3 is 0 Å². The Morgan fingerprint density at radius 1 is 1.04 bits per heavy atom. The van der Waals surface area contributed by atoms with E-state index in [4.69, 9.17) is 4.98 Å². The molecule has 2 aliphatic heterocycles. The number of hydrogen-bond donors (Lipinski definition) is 0. The van der Waals surface area contributed by atoms with E-state index in [1.807, 2.05) is 10.6 Å². The molecule has 4 rings (SSSR count). The van der Waals surface area contributed by atoms with Gasteiger partial charge in [0.1, 0.15) is 5.82 Å². The number of para-hydroxylation sites is 1. The van der Waals surface area contributed by atoms with E-state index in [-0.39, 0.29) is 5.56 Å². The highest BCUT2D eigenvalue weighted by molar-refractivity contribution is 7.99. The second-order valence-corrected chi connectivity index (χ2v) is 7.23. The lowest BCUT2D eigenvalue weighted by molar-refractivity contribution is 0.610. The molecule has 0 amide bonds. The molecule has 0 unspecified atom stereocenters. The molecule has 0 aliphatic carbocycles. The van der Waals surface area contributed by atoms with Crippen LogP contribution in [-0.2, 0) is 13.0 Å². The molecule has 2 aromatic rings. The van der Waals surface area contributed by atoms with Crippen LogP contribution in [0.5, 0.6) is 0 Å². The summed E-state index contributed by atoms with van der Waals surface area (Å²) in [4.78, 5) is 22.2. The fourth-order valence-electron chi connectivity index (χ4n) is 3.49. The second-order valence-electron chi connectivity index (χ2n) is 6.16. The first-order valence-electron chi connectivity index (χ1n) is 8.59. The van der Waals surface area contributed by atoms with Gasteiger partial charge in [0, 0.05) is 44.2 Å². The monoisotopic (exact) mass is 342 g/mol. The SMILES string of the molecule is CCc1c(N2CCN(c3ccccc3)CC2)nc2n(c1=O)CCS2. The average Bonchev–Trinajstić information content (AvgIpc) is 3.11. The topological polar surface area (TPSA) is 41.4 Å². The van der Waals surface area contributed by atoms with Crippen LogP contribution in [0.15, 0.2) is 40.3 Å². The van der Waals surface area contributed by atoms with Gasteiger partial charge in [0.25, 0.3) is 5.56 Å². The maximum atomic E-state index is 12.7. The van der Waals surface area contributed by atoms with Crippen LogP contribution in [0.25, 0.3) is 0 Å². The molecule has 5 nitrogen and oxygen atoms in total. The van der Waals surface area contributed by atoms with Gasteiger partial charge in [-0.2, -0.15) is 0 Å². The third-order valence-electron chi connectivity index (χ3n) is 4.81. The van der Waals surface area contributed by atoms with Crippen LogP contribution in [0, 0.1) is 0 Å². The Hall–Kier alpha value is -1.95. The Morgan fingerprint density at radius 3 is 2.46 bits per heavy atom. The van der Waals surface area contributed by atoms with Crippen LogP contribution in [-0.4, -0.2) is 41.5 Å². The van der Waals surface area contributed by atoms with Gasteiger partial charge in [-0.05, 0) is 18.6 Å². The van der Waals surface area contributed by atoms with Crippen molar-refractivity contribution in [2.75, 3.05) is 41.7 Å². The summed E-state index contributed by atoms with van der Waals surface area (Å²) in [6, 6.07) is 10.5. The zero-order valence-corrected chi connectivity index (χ0v) is 14.8. The van der Waals surface area contributed by atoms with Crippen LogP contribution in [0.3, 0.4) is 0 Å². The average molecular weight is 342 g/mol. The summed E-state index contributed by atoms with van der Waals surface area (Å²) in [6.07, 6.45) is 0.741. The summed E-state index contributed by atoms with van der Waals surface area (Å²) in [5.74, 6) is 1.87. The summed E-state index contributed by atoms with van der Waals surface area (Å²) in [6.45, 7) is 6.57. The molecule has 1 aromatic carbocycles.